The van der Waals surface area contributed by atoms with Crippen molar-refractivity contribution in [3.8, 4) is 0 Å². The first-order chi connectivity index (χ1) is 7.25. The molecule has 2 rings (SSSR count). The number of aromatic nitrogens is 3. The average molecular weight is 313 g/mol. The van der Waals surface area contributed by atoms with Crippen LogP contribution in [0.1, 0.15) is 5.56 Å². The number of hydrogen-bond donors (Lipinski definition) is 0. The Morgan fingerprint density at radius 3 is 2.73 bits per heavy atom. The molecule has 15 heavy (non-hydrogen) atoms. The van der Waals surface area contributed by atoms with E-state index >= 15 is 0 Å². The molecule has 0 aliphatic rings. The second-order valence-corrected chi connectivity index (χ2v) is 4.27. The molecule has 0 N–H and O–H groups in total. The SMILES string of the molecule is O=c1cc(I)cnn1Cc1ccncc1. The molecule has 4 nitrogen and oxygen atoms in total. The molecule has 0 aliphatic carbocycles. The highest BCUT2D eigenvalue weighted by molar-refractivity contribution is 14.1. The quantitative estimate of drug-likeness (QED) is 0.785. The van der Waals surface area contributed by atoms with Crippen LogP contribution in [0, 0.1) is 3.57 Å². The Morgan fingerprint density at radius 2 is 2.07 bits per heavy atom. The molecule has 5 heteroatoms. The molecule has 2 heterocycles. The first kappa shape index (κ1) is 10.3. The Balaban J connectivity index is 2.29. The Hall–Kier alpha value is -1.24. The second-order valence-electron chi connectivity index (χ2n) is 3.03. The van der Waals surface area contributed by atoms with Crippen LogP contribution in [0.2, 0.25) is 0 Å². The van der Waals surface area contributed by atoms with Crippen molar-refractivity contribution in [1.82, 2.24) is 14.8 Å². The first-order valence-electron chi connectivity index (χ1n) is 4.37. The van der Waals surface area contributed by atoms with Crippen molar-refractivity contribution in [2.75, 3.05) is 0 Å². The van der Waals surface area contributed by atoms with Gasteiger partial charge in [-0.1, -0.05) is 0 Å². The molecule has 0 saturated heterocycles. The minimum Gasteiger partial charge on any atom is -0.268 e. The summed E-state index contributed by atoms with van der Waals surface area (Å²) in [5.74, 6) is 0. The van der Waals surface area contributed by atoms with Crippen molar-refractivity contribution in [2.45, 2.75) is 6.54 Å². The maximum absolute atomic E-state index is 11.5. The standard InChI is InChI=1S/C10H8IN3O/c11-9-5-10(15)14(13-6-9)7-8-1-3-12-4-2-8/h1-6H,7H2. The largest absolute Gasteiger partial charge is 0.268 e. The molecule has 76 valence electrons. The smallest absolute Gasteiger partial charge is 0.268 e. The molecule has 0 atom stereocenters. The van der Waals surface area contributed by atoms with Crippen LogP contribution >= 0.6 is 22.6 Å². The van der Waals surface area contributed by atoms with Gasteiger partial charge < -0.3 is 0 Å². The molecular weight excluding hydrogens is 305 g/mol. The van der Waals surface area contributed by atoms with Crippen LogP contribution < -0.4 is 5.56 Å². The molecule has 0 saturated carbocycles. The van der Waals surface area contributed by atoms with Gasteiger partial charge in [0.05, 0.1) is 12.7 Å². The highest BCUT2D eigenvalue weighted by atomic mass is 127. The topological polar surface area (TPSA) is 47.8 Å². The fraction of sp³-hybridized carbons (Fsp3) is 0.100. The van der Waals surface area contributed by atoms with Crippen LogP contribution in [-0.2, 0) is 6.54 Å². The number of pyridine rings is 1. The van der Waals surface area contributed by atoms with E-state index < -0.39 is 0 Å². The van der Waals surface area contributed by atoms with Crippen molar-refractivity contribution in [1.29, 1.82) is 0 Å². The van der Waals surface area contributed by atoms with Gasteiger partial charge in [-0.25, -0.2) is 4.68 Å². The van der Waals surface area contributed by atoms with Gasteiger partial charge in [0.25, 0.3) is 5.56 Å². The lowest BCUT2D eigenvalue weighted by atomic mass is 10.3. The molecule has 0 aromatic carbocycles. The summed E-state index contributed by atoms with van der Waals surface area (Å²) in [5, 5.41) is 4.05. The fourth-order valence-electron chi connectivity index (χ4n) is 1.19. The van der Waals surface area contributed by atoms with Gasteiger partial charge >= 0.3 is 0 Å². The van der Waals surface area contributed by atoms with Crippen molar-refractivity contribution < 1.29 is 0 Å². The van der Waals surface area contributed by atoms with Gasteiger partial charge in [-0.15, -0.1) is 0 Å². The maximum atomic E-state index is 11.5. The van der Waals surface area contributed by atoms with Gasteiger partial charge in [-0.3, -0.25) is 9.78 Å². The molecular formula is C10H8IN3O. The zero-order valence-electron chi connectivity index (χ0n) is 7.80. The Bertz CT molecular complexity index is 510. The summed E-state index contributed by atoms with van der Waals surface area (Å²) in [6, 6.07) is 5.30. The lowest BCUT2D eigenvalue weighted by Crippen LogP contribution is -2.22. The van der Waals surface area contributed by atoms with Crippen molar-refractivity contribution in [2.24, 2.45) is 0 Å². The summed E-state index contributed by atoms with van der Waals surface area (Å²) < 4.78 is 2.28. The van der Waals surface area contributed by atoms with E-state index in [1.165, 1.54) is 4.68 Å². The van der Waals surface area contributed by atoms with Gasteiger partial charge in [0.1, 0.15) is 0 Å². The van der Waals surface area contributed by atoms with Crippen molar-refractivity contribution in [3.63, 3.8) is 0 Å². The predicted molar refractivity (Wildman–Crippen MR) is 64.6 cm³/mol. The van der Waals surface area contributed by atoms with E-state index in [-0.39, 0.29) is 5.56 Å². The molecule has 2 aromatic rings. The Morgan fingerprint density at radius 1 is 1.33 bits per heavy atom. The van der Waals surface area contributed by atoms with Crippen LogP contribution in [0.4, 0.5) is 0 Å². The Kier molecular flexibility index (Phi) is 3.10. The summed E-state index contributed by atoms with van der Waals surface area (Å²) in [6.45, 7) is 0.484. The van der Waals surface area contributed by atoms with Gasteiger partial charge in [0.2, 0.25) is 0 Å². The average Bonchev–Trinajstić information content (AvgIpc) is 2.24. The number of rotatable bonds is 2. The summed E-state index contributed by atoms with van der Waals surface area (Å²) in [5.41, 5.74) is 0.930. The van der Waals surface area contributed by atoms with E-state index in [2.05, 4.69) is 32.7 Å². The van der Waals surface area contributed by atoms with E-state index in [0.717, 1.165) is 9.13 Å². The molecule has 0 amide bonds. The minimum absolute atomic E-state index is 0.0845. The monoisotopic (exact) mass is 313 g/mol. The predicted octanol–water partition coefficient (Wildman–Crippen LogP) is 1.29. The third-order valence-corrected chi connectivity index (χ3v) is 2.51. The van der Waals surface area contributed by atoms with E-state index in [4.69, 9.17) is 0 Å². The summed E-state index contributed by atoms with van der Waals surface area (Å²) in [7, 11) is 0. The fourth-order valence-corrected chi connectivity index (χ4v) is 1.58. The molecule has 0 unspecified atom stereocenters. The van der Waals surface area contributed by atoms with E-state index in [0.29, 0.717) is 6.54 Å². The summed E-state index contributed by atoms with van der Waals surface area (Å²) >= 11 is 2.07. The van der Waals surface area contributed by atoms with Crippen LogP contribution in [0.3, 0.4) is 0 Å². The minimum atomic E-state index is -0.0845. The van der Waals surface area contributed by atoms with Gasteiger partial charge in [0, 0.05) is 22.0 Å². The van der Waals surface area contributed by atoms with Crippen LogP contribution in [-0.4, -0.2) is 14.8 Å². The molecule has 0 aliphatic heterocycles. The van der Waals surface area contributed by atoms with Crippen molar-refractivity contribution in [3.05, 3.63) is 56.3 Å². The van der Waals surface area contributed by atoms with Gasteiger partial charge in [-0.05, 0) is 40.3 Å². The first-order valence-corrected chi connectivity index (χ1v) is 5.45. The van der Waals surface area contributed by atoms with Crippen molar-refractivity contribution >= 4 is 22.6 Å². The number of nitrogens with zero attached hydrogens (tertiary/aromatic N) is 3. The maximum Gasteiger partial charge on any atom is 0.268 e. The van der Waals surface area contributed by atoms with E-state index in [1.807, 2.05) is 12.1 Å². The zero-order chi connectivity index (χ0) is 10.7. The van der Waals surface area contributed by atoms with Crippen LogP contribution in [0.15, 0.2) is 41.6 Å². The normalized spacial score (nSPS) is 10.2. The van der Waals surface area contributed by atoms with E-state index in [9.17, 15) is 4.79 Å². The molecule has 0 radical (unpaired) electrons. The third-order valence-electron chi connectivity index (χ3n) is 1.92. The molecule has 2 aromatic heterocycles. The lowest BCUT2D eigenvalue weighted by molar-refractivity contribution is 0.636. The molecule has 0 spiro atoms. The van der Waals surface area contributed by atoms with Gasteiger partial charge in [-0.2, -0.15) is 5.10 Å². The third kappa shape index (κ3) is 2.62. The van der Waals surface area contributed by atoms with E-state index in [1.54, 1.807) is 24.7 Å². The molecule has 0 fully saturated rings. The van der Waals surface area contributed by atoms with Crippen LogP contribution in [0.5, 0.6) is 0 Å². The zero-order valence-corrected chi connectivity index (χ0v) is 9.96. The summed E-state index contributed by atoms with van der Waals surface area (Å²) in [6.07, 6.45) is 5.07. The van der Waals surface area contributed by atoms with Gasteiger partial charge in [0.15, 0.2) is 0 Å². The Labute approximate surface area is 100 Å². The molecule has 0 bridgehead atoms. The highest BCUT2D eigenvalue weighted by Crippen LogP contribution is 1.99. The second kappa shape index (κ2) is 4.52. The number of hydrogen-bond acceptors (Lipinski definition) is 3. The lowest BCUT2D eigenvalue weighted by Gasteiger charge is -2.03. The van der Waals surface area contributed by atoms with Crippen LogP contribution in [0.25, 0.3) is 0 Å². The summed E-state index contributed by atoms with van der Waals surface area (Å²) in [4.78, 5) is 15.4. The number of halogens is 1. The highest BCUT2D eigenvalue weighted by Gasteiger charge is 1.99.